The Hall–Kier alpha value is -2.81. The smallest absolute Gasteiger partial charge is 0.219 e. The molecule has 0 spiro atoms. The third-order valence-corrected chi connectivity index (χ3v) is 4.38. The van der Waals surface area contributed by atoms with Gasteiger partial charge in [0.05, 0.1) is 12.9 Å². The van der Waals surface area contributed by atoms with Crippen molar-refractivity contribution in [2.24, 2.45) is 5.73 Å². The third kappa shape index (κ3) is 4.42. The van der Waals surface area contributed by atoms with Gasteiger partial charge in [-0.25, -0.2) is 4.39 Å². The highest BCUT2D eigenvalue weighted by Crippen LogP contribution is 2.25. The molecule has 0 bridgehead atoms. The lowest BCUT2D eigenvalue weighted by molar-refractivity contribution is -0.118. The van der Waals surface area contributed by atoms with E-state index >= 15 is 0 Å². The Balaban J connectivity index is 1.65. The van der Waals surface area contributed by atoms with Gasteiger partial charge >= 0.3 is 0 Å². The van der Waals surface area contributed by atoms with Crippen LogP contribution in [0.1, 0.15) is 6.42 Å². The molecule has 0 aliphatic rings. The summed E-state index contributed by atoms with van der Waals surface area (Å²) < 4.78 is 26.1. The number of carbonyl (C=O) groups excluding carboxylic acids is 1. The van der Waals surface area contributed by atoms with Crippen LogP contribution in [0.25, 0.3) is 11.6 Å². The predicted octanol–water partition coefficient (Wildman–Crippen LogP) is 2.72. The van der Waals surface area contributed by atoms with E-state index in [1.54, 1.807) is 34.9 Å². The van der Waals surface area contributed by atoms with Gasteiger partial charge in [-0.3, -0.25) is 9.36 Å². The van der Waals surface area contributed by atoms with Crippen LogP contribution in [0.2, 0.25) is 0 Å². The Kier molecular flexibility index (Phi) is 5.90. The van der Waals surface area contributed by atoms with E-state index in [0.717, 1.165) is 0 Å². The number of ether oxygens (including phenoxy) is 1. The summed E-state index contributed by atoms with van der Waals surface area (Å²) in [6, 6.07) is 9.75. The van der Waals surface area contributed by atoms with Crippen molar-refractivity contribution in [1.29, 1.82) is 0 Å². The SMILES string of the molecule is NC(=O)CCn1c(SCCOc2ccccc2F)nnc1-c1ccco1. The van der Waals surface area contributed by atoms with E-state index in [9.17, 15) is 9.18 Å². The molecule has 2 N–H and O–H groups in total. The number of hydrogen-bond acceptors (Lipinski definition) is 6. The lowest BCUT2D eigenvalue weighted by Gasteiger charge is -2.09. The molecule has 0 aliphatic heterocycles. The largest absolute Gasteiger partial charge is 0.490 e. The minimum absolute atomic E-state index is 0.158. The van der Waals surface area contributed by atoms with Gasteiger partial charge in [-0.1, -0.05) is 23.9 Å². The fourth-order valence-electron chi connectivity index (χ4n) is 2.25. The number of nitrogens with two attached hydrogens (primary N) is 1. The van der Waals surface area contributed by atoms with Crippen molar-refractivity contribution < 1.29 is 18.3 Å². The molecule has 0 fully saturated rings. The van der Waals surface area contributed by atoms with E-state index in [1.807, 2.05) is 0 Å². The summed E-state index contributed by atoms with van der Waals surface area (Å²) in [5.41, 5.74) is 5.25. The first kappa shape index (κ1) is 18.0. The summed E-state index contributed by atoms with van der Waals surface area (Å²) in [4.78, 5) is 11.1. The van der Waals surface area contributed by atoms with Crippen LogP contribution in [-0.2, 0) is 11.3 Å². The van der Waals surface area contributed by atoms with Crippen LogP contribution in [0.3, 0.4) is 0 Å². The molecule has 0 unspecified atom stereocenters. The number of benzene rings is 1. The lowest BCUT2D eigenvalue weighted by Crippen LogP contribution is -2.15. The first-order valence-electron chi connectivity index (χ1n) is 7.90. The number of para-hydroxylation sites is 1. The number of halogens is 1. The van der Waals surface area contributed by atoms with E-state index in [0.29, 0.717) is 35.6 Å². The predicted molar refractivity (Wildman–Crippen MR) is 94.2 cm³/mol. The number of aromatic nitrogens is 3. The zero-order valence-corrected chi connectivity index (χ0v) is 14.6. The summed E-state index contributed by atoms with van der Waals surface area (Å²) >= 11 is 1.39. The molecular weight excluding hydrogens is 359 g/mol. The van der Waals surface area contributed by atoms with Gasteiger partial charge in [0.2, 0.25) is 5.91 Å². The molecule has 0 radical (unpaired) electrons. The number of carbonyl (C=O) groups is 1. The molecule has 0 saturated heterocycles. The summed E-state index contributed by atoms with van der Waals surface area (Å²) in [7, 11) is 0. The van der Waals surface area contributed by atoms with Crippen molar-refractivity contribution in [1.82, 2.24) is 14.8 Å². The van der Waals surface area contributed by atoms with Crippen LogP contribution in [0.15, 0.2) is 52.2 Å². The molecule has 7 nitrogen and oxygen atoms in total. The molecule has 2 aromatic heterocycles. The Labute approximate surface area is 153 Å². The molecule has 0 saturated carbocycles. The van der Waals surface area contributed by atoms with E-state index in [-0.39, 0.29) is 12.2 Å². The monoisotopic (exact) mass is 376 g/mol. The van der Waals surface area contributed by atoms with Gasteiger partial charge in [-0.05, 0) is 24.3 Å². The van der Waals surface area contributed by atoms with Gasteiger partial charge in [0.1, 0.15) is 0 Å². The number of primary amides is 1. The van der Waals surface area contributed by atoms with Crippen LogP contribution in [-0.4, -0.2) is 33.0 Å². The second kappa shape index (κ2) is 8.52. The van der Waals surface area contributed by atoms with Crippen molar-refractivity contribution in [3.8, 4) is 17.3 Å². The first-order valence-corrected chi connectivity index (χ1v) is 8.89. The summed E-state index contributed by atoms with van der Waals surface area (Å²) in [6.07, 6.45) is 1.70. The molecule has 0 atom stereocenters. The lowest BCUT2D eigenvalue weighted by atomic mass is 10.3. The van der Waals surface area contributed by atoms with Crippen molar-refractivity contribution in [3.05, 3.63) is 48.5 Å². The normalized spacial score (nSPS) is 10.8. The second-order valence-electron chi connectivity index (χ2n) is 5.28. The van der Waals surface area contributed by atoms with Crippen molar-refractivity contribution in [3.63, 3.8) is 0 Å². The second-order valence-corrected chi connectivity index (χ2v) is 6.34. The summed E-state index contributed by atoms with van der Waals surface area (Å²) in [5.74, 6) is 0.996. The molecule has 3 rings (SSSR count). The first-order chi connectivity index (χ1) is 12.6. The zero-order chi connectivity index (χ0) is 18.4. The molecule has 1 amide bonds. The maximum Gasteiger partial charge on any atom is 0.219 e. The number of furan rings is 1. The van der Waals surface area contributed by atoms with Gasteiger partial charge in [-0.2, -0.15) is 0 Å². The molecule has 3 aromatic rings. The molecule has 136 valence electrons. The van der Waals surface area contributed by atoms with E-state index in [2.05, 4.69) is 10.2 Å². The van der Waals surface area contributed by atoms with Crippen LogP contribution in [0.5, 0.6) is 5.75 Å². The van der Waals surface area contributed by atoms with Crippen LogP contribution in [0, 0.1) is 5.82 Å². The van der Waals surface area contributed by atoms with Crippen LogP contribution in [0.4, 0.5) is 4.39 Å². The quantitative estimate of drug-likeness (QED) is 0.456. The van der Waals surface area contributed by atoms with Gasteiger partial charge in [-0.15, -0.1) is 10.2 Å². The number of amides is 1. The number of hydrogen-bond donors (Lipinski definition) is 1. The average molecular weight is 376 g/mol. The average Bonchev–Trinajstić information content (AvgIpc) is 3.27. The number of thioether (sulfide) groups is 1. The molecule has 1 aromatic carbocycles. The van der Waals surface area contributed by atoms with Crippen molar-refractivity contribution >= 4 is 17.7 Å². The minimum Gasteiger partial charge on any atom is -0.490 e. The van der Waals surface area contributed by atoms with Crippen LogP contribution < -0.4 is 10.5 Å². The molecular formula is C17H17FN4O3S. The third-order valence-electron chi connectivity index (χ3n) is 3.45. The Morgan fingerprint density at radius 3 is 2.85 bits per heavy atom. The maximum absolute atomic E-state index is 13.5. The highest BCUT2D eigenvalue weighted by atomic mass is 32.2. The van der Waals surface area contributed by atoms with E-state index in [1.165, 1.54) is 24.1 Å². The van der Waals surface area contributed by atoms with Gasteiger partial charge in [0.25, 0.3) is 0 Å². The molecule has 26 heavy (non-hydrogen) atoms. The Morgan fingerprint density at radius 1 is 1.27 bits per heavy atom. The summed E-state index contributed by atoms with van der Waals surface area (Å²) in [5, 5.41) is 8.89. The standard InChI is InChI=1S/C17H17FN4O3S/c18-12-4-1-2-5-13(12)25-10-11-26-17-21-20-16(14-6-3-9-24-14)22(17)8-7-15(19)23/h1-6,9H,7-8,10-11H2,(H2,19,23). The molecule has 2 heterocycles. The Bertz CT molecular complexity index is 867. The van der Waals surface area contributed by atoms with Crippen molar-refractivity contribution in [2.45, 2.75) is 18.1 Å². The van der Waals surface area contributed by atoms with Gasteiger partial charge in [0, 0.05) is 18.7 Å². The van der Waals surface area contributed by atoms with Gasteiger partial charge in [0.15, 0.2) is 28.3 Å². The minimum atomic E-state index is -0.414. The van der Waals surface area contributed by atoms with E-state index in [4.69, 9.17) is 14.9 Å². The van der Waals surface area contributed by atoms with Crippen molar-refractivity contribution in [2.75, 3.05) is 12.4 Å². The fourth-order valence-corrected chi connectivity index (χ4v) is 3.03. The fraction of sp³-hybridized carbons (Fsp3) is 0.235. The van der Waals surface area contributed by atoms with E-state index < -0.39 is 11.7 Å². The topological polar surface area (TPSA) is 96.2 Å². The number of nitrogens with zero attached hydrogens (tertiary/aromatic N) is 3. The number of rotatable bonds is 9. The van der Waals surface area contributed by atoms with Crippen LogP contribution >= 0.6 is 11.8 Å². The Morgan fingerprint density at radius 2 is 2.12 bits per heavy atom. The molecule has 9 heteroatoms. The maximum atomic E-state index is 13.5. The van der Waals surface area contributed by atoms with Gasteiger partial charge < -0.3 is 14.9 Å². The highest BCUT2D eigenvalue weighted by Gasteiger charge is 2.17. The zero-order valence-electron chi connectivity index (χ0n) is 13.8. The molecule has 0 aliphatic carbocycles. The highest BCUT2D eigenvalue weighted by molar-refractivity contribution is 7.99. The summed E-state index contributed by atoms with van der Waals surface area (Å²) in [6.45, 7) is 0.638.